The molecular weight excluding hydrogens is 365 g/mol. The van der Waals surface area contributed by atoms with Crippen LogP contribution in [0.5, 0.6) is 0 Å². The zero-order chi connectivity index (χ0) is 13.0. The molecule has 3 nitrogen and oxygen atoms in total. The first-order valence-corrected chi connectivity index (χ1v) is 7.20. The van der Waals surface area contributed by atoms with Crippen LogP contribution in [0.2, 0.25) is 0 Å². The fourth-order valence-corrected chi connectivity index (χ4v) is 2.07. The third-order valence-electron chi connectivity index (χ3n) is 2.28. The van der Waals surface area contributed by atoms with Crippen LogP contribution in [0, 0.1) is 5.82 Å². The number of alkyl halides is 1. The summed E-state index contributed by atoms with van der Waals surface area (Å²) in [6.07, 6.45) is 3.38. The zero-order valence-electron chi connectivity index (χ0n) is 9.33. The highest BCUT2D eigenvalue weighted by Crippen LogP contribution is 2.27. The average molecular weight is 375 g/mol. The van der Waals surface area contributed by atoms with Crippen molar-refractivity contribution in [3.8, 4) is 11.3 Å². The summed E-state index contributed by atoms with van der Waals surface area (Å²) in [5.41, 5.74) is 1.95. The number of nitrogens with one attached hydrogen (secondary N) is 1. The Kier molecular flexibility index (Phi) is 4.66. The lowest BCUT2D eigenvalue weighted by Gasteiger charge is -2.09. The molecule has 2 aromatic rings. The molecule has 2 rings (SSSR count). The molecule has 0 saturated heterocycles. The Morgan fingerprint density at radius 2 is 2.22 bits per heavy atom. The Balaban J connectivity index is 2.41. The van der Waals surface area contributed by atoms with Crippen molar-refractivity contribution in [3.05, 3.63) is 41.0 Å². The standard InChI is InChI=1S/C12H10Br2FN3/c13-3-5-17-10-6-9(18-12(14)11(10)15)8-2-1-4-16-7-8/h1-2,4,6-7H,3,5H2,(H,17,18). The second-order valence-electron chi connectivity index (χ2n) is 3.52. The molecule has 2 heterocycles. The van der Waals surface area contributed by atoms with Gasteiger partial charge < -0.3 is 5.32 Å². The first kappa shape index (κ1) is 13.4. The molecular formula is C12H10Br2FN3. The summed E-state index contributed by atoms with van der Waals surface area (Å²) < 4.78 is 14.0. The highest BCUT2D eigenvalue weighted by Gasteiger charge is 2.11. The predicted octanol–water partition coefficient (Wildman–Crippen LogP) is 3.85. The molecule has 0 atom stereocenters. The van der Waals surface area contributed by atoms with Gasteiger partial charge in [-0.15, -0.1) is 0 Å². The van der Waals surface area contributed by atoms with E-state index in [1.807, 2.05) is 12.1 Å². The van der Waals surface area contributed by atoms with Gasteiger partial charge in [-0.1, -0.05) is 15.9 Å². The number of pyridine rings is 2. The summed E-state index contributed by atoms with van der Waals surface area (Å²) in [5.74, 6) is -0.386. The average Bonchev–Trinajstić information content (AvgIpc) is 2.41. The number of halogens is 3. The maximum atomic E-state index is 13.8. The Morgan fingerprint density at radius 3 is 2.89 bits per heavy atom. The Morgan fingerprint density at radius 1 is 1.39 bits per heavy atom. The van der Waals surface area contributed by atoms with E-state index >= 15 is 0 Å². The molecule has 6 heteroatoms. The van der Waals surface area contributed by atoms with Crippen LogP contribution in [0.3, 0.4) is 0 Å². The minimum atomic E-state index is -0.386. The number of hydrogen-bond acceptors (Lipinski definition) is 3. The summed E-state index contributed by atoms with van der Waals surface area (Å²) >= 11 is 6.42. The smallest absolute Gasteiger partial charge is 0.179 e. The second kappa shape index (κ2) is 6.24. The SMILES string of the molecule is Fc1c(NCCBr)cc(-c2cccnc2)nc1Br. The van der Waals surface area contributed by atoms with Gasteiger partial charge in [-0.05, 0) is 34.1 Å². The third kappa shape index (κ3) is 3.05. The van der Waals surface area contributed by atoms with Crippen molar-refractivity contribution in [2.45, 2.75) is 0 Å². The fourth-order valence-electron chi connectivity index (χ4n) is 1.47. The van der Waals surface area contributed by atoms with Crippen molar-refractivity contribution in [2.75, 3.05) is 17.2 Å². The van der Waals surface area contributed by atoms with Gasteiger partial charge in [0.25, 0.3) is 0 Å². The molecule has 0 bridgehead atoms. The minimum absolute atomic E-state index is 0.195. The van der Waals surface area contributed by atoms with Crippen LogP contribution in [0.15, 0.2) is 35.2 Å². The van der Waals surface area contributed by atoms with Gasteiger partial charge in [-0.3, -0.25) is 4.98 Å². The monoisotopic (exact) mass is 373 g/mol. The normalized spacial score (nSPS) is 10.4. The Bertz CT molecular complexity index is 534. The van der Waals surface area contributed by atoms with Gasteiger partial charge in [0.2, 0.25) is 0 Å². The molecule has 0 aliphatic rings. The molecule has 0 unspecified atom stereocenters. The van der Waals surface area contributed by atoms with Gasteiger partial charge >= 0.3 is 0 Å². The molecule has 0 aliphatic heterocycles. The van der Waals surface area contributed by atoms with Crippen molar-refractivity contribution in [3.63, 3.8) is 0 Å². The number of hydrogen-bond donors (Lipinski definition) is 1. The van der Waals surface area contributed by atoms with Crippen molar-refractivity contribution in [1.82, 2.24) is 9.97 Å². The molecule has 2 aromatic heterocycles. The summed E-state index contributed by atoms with van der Waals surface area (Å²) in [6.45, 7) is 0.639. The molecule has 0 amide bonds. The van der Waals surface area contributed by atoms with E-state index in [9.17, 15) is 4.39 Å². The zero-order valence-corrected chi connectivity index (χ0v) is 12.5. The van der Waals surface area contributed by atoms with E-state index < -0.39 is 0 Å². The van der Waals surface area contributed by atoms with E-state index in [1.165, 1.54) is 0 Å². The molecule has 94 valence electrons. The number of nitrogens with zero attached hydrogens (tertiary/aromatic N) is 2. The lowest BCUT2D eigenvalue weighted by atomic mass is 10.2. The lowest BCUT2D eigenvalue weighted by Crippen LogP contribution is -2.05. The Hall–Kier alpha value is -1.01. The third-order valence-corrected chi connectivity index (χ3v) is 3.21. The van der Waals surface area contributed by atoms with Crippen molar-refractivity contribution in [1.29, 1.82) is 0 Å². The number of anilines is 1. The number of rotatable bonds is 4. The quantitative estimate of drug-likeness (QED) is 0.652. The van der Waals surface area contributed by atoms with E-state index in [-0.39, 0.29) is 10.4 Å². The van der Waals surface area contributed by atoms with E-state index in [0.29, 0.717) is 17.9 Å². The van der Waals surface area contributed by atoms with Crippen LogP contribution in [0.25, 0.3) is 11.3 Å². The van der Waals surface area contributed by atoms with E-state index in [1.54, 1.807) is 18.5 Å². The van der Waals surface area contributed by atoms with Crippen LogP contribution in [-0.2, 0) is 0 Å². The van der Waals surface area contributed by atoms with Gasteiger partial charge in [0.15, 0.2) is 5.82 Å². The fraction of sp³-hybridized carbons (Fsp3) is 0.167. The second-order valence-corrected chi connectivity index (χ2v) is 5.06. The lowest BCUT2D eigenvalue weighted by molar-refractivity contribution is 0.616. The summed E-state index contributed by atoms with van der Waals surface area (Å²) in [6, 6.07) is 5.38. The largest absolute Gasteiger partial charge is 0.382 e. The molecule has 0 fully saturated rings. The van der Waals surface area contributed by atoms with Crippen LogP contribution in [0.4, 0.5) is 10.1 Å². The first-order valence-electron chi connectivity index (χ1n) is 5.28. The predicted molar refractivity (Wildman–Crippen MR) is 77.4 cm³/mol. The van der Waals surface area contributed by atoms with Crippen molar-refractivity contribution >= 4 is 37.5 Å². The molecule has 0 aliphatic carbocycles. The number of aromatic nitrogens is 2. The van der Waals surface area contributed by atoms with Gasteiger partial charge in [0, 0.05) is 29.8 Å². The van der Waals surface area contributed by atoms with E-state index in [0.717, 1.165) is 10.9 Å². The first-order chi connectivity index (χ1) is 8.72. The van der Waals surface area contributed by atoms with Crippen LogP contribution in [-0.4, -0.2) is 21.8 Å². The van der Waals surface area contributed by atoms with Crippen LogP contribution >= 0.6 is 31.9 Å². The van der Waals surface area contributed by atoms with Gasteiger partial charge in [0.05, 0.1) is 11.4 Å². The summed E-state index contributed by atoms with van der Waals surface area (Å²) in [4.78, 5) is 8.19. The molecule has 0 radical (unpaired) electrons. The van der Waals surface area contributed by atoms with Gasteiger partial charge in [-0.25, -0.2) is 9.37 Å². The van der Waals surface area contributed by atoms with Crippen LogP contribution in [0.1, 0.15) is 0 Å². The minimum Gasteiger partial charge on any atom is -0.382 e. The van der Waals surface area contributed by atoms with Crippen LogP contribution < -0.4 is 5.32 Å². The Labute approximate surface area is 121 Å². The topological polar surface area (TPSA) is 37.8 Å². The van der Waals surface area contributed by atoms with E-state index in [2.05, 4.69) is 47.1 Å². The maximum Gasteiger partial charge on any atom is 0.179 e. The van der Waals surface area contributed by atoms with Crippen molar-refractivity contribution in [2.24, 2.45) is 0 Å². The molecule has 0 spiro atoms. The molecule has 1 N–H and O–H groups in total. The highest BCUT2D eigenvalue weighted by atomic mass is 79.9. The molecule has 0 aromatic carbocycles. The van der Waals surface area contributed by atoms with Gasteiger partial charge in [-0.2, -0.15) is 0 Å². The van der Waals surface area contributed by atoms with E-state index in [4.69, 9.17) is 0 Å². The highest BCUT2D eigenvalue weighted by molar-refractivity contribution is 9.10. The molecule has 0 saturated carbocycles. The van der Waals surface area contributed by atoms with Crippen molar-refractivity contribution < 1.29 is 4.39 Å². The maximum absolute atomic E-state index is 13.8. The van der Waals surface area contributed by atoms with Gasteiger partial charge in [0.1, 0.15) is 4.60 Å². The summed E-state index contributed by atoms with van der Waals surface area (Å²) in [5, 5.41) is 3.75. The summed E-state index contributed by atoms with van der Waals surface area (Å²) in [7, 11) is 0. The molecule has 18 heavy (non-hydrogen) atoms.